The minimum absolute atomic E-state index is 0.0105. The number of benzene rings is 1. The monoisotopic (exact) mass is 494 g/mol. The van der Waals surface area contributed by atoms with Crippen molar-refractivity contribution in [2.24, 2.45) is 5.14 Å². The van der Waals surface area contributed by atoms with E-state index in [1.165, 1.54) is 24.7 Å². The first-order valence-corrected chi connectivity index (χ1v) is 12.6. The molecule has 10 N–H and O–H groups in total. The van der Waals surface area contributed by atoms with Gasteiger partial charge >= 0.3 is 0 Å². The lowest BCUT2D eigenvalue weighted by atomic mass is 9.99. The molecule has 1 aliphatic heterocycles. The summed E-state index contributed by atoms with van der Waals surface area (Å²) < 4.78 is 54.1. The minimum atomic E-state index is -4.51. The lowest BCUT2D eigenvalue weighted by Crippen LogP contribution is -2.33. The third kappa shape index (κ3) is 5.02. The first-order valence-electron chi connectivity index (χ1n) is 9.56. The molecule has 14 nitrogen and oxygen atoms in total. The number of nitrogen functional groups attached to an aromatic ring is 1. The van der Waals surface area contributed by atoms with Gasteiger partial charge in [0.25, 0.3) is 0 Å². The summed E-state index contributed by atoms with van der Waals surface area (Å²) in [7, 11) is -8.77. The number of hydrogen-bond acceptors (Lipinski definition) is 11. The summed E-state index contributed by atoms with van der Waals surface area (Å²) in [5.41, 5.74) is 18.1. The van der Waals surface area contributed by atoms with Crippen molar-refractivity contribution >= 4 is 25.9 Å². The van der Waals surface area contributed by atoms with Gasteiger partial charge in [0.05, 0.1) is 6.33 Å². The number of hydrazine groups is 3. The summed E-state index contributed by atoms with van der Waals surface area (Å²) in [6, 6.07) is 5.87. The highest BCUT2D eigenvalue weighted by Gasteiger charge is 2.34. The van der Waals surface area contributed by atoms with Crippen molar-refractivity contribution in [3.63, 3.8) is 0 Å². The van der Waals surface area contributed by atoms with Crippen LogP contribution in [0.5, 0.6) is 0 Å². The first-order chi connectivity index (χ1) is 15.7. The van der Waals surface area contributed by atoms with Crippen molar-refractivity contribution in [1.29, 1.82) is 0 Å². The van der Waals surface area contributed by atoms with Crippen LogP contribution in [0, 0.1) is 0 Å². The molecule has 0 atom stereocenters. The molecule has 1 aromatic carbocycles. The number of aromatic amines is 1. The highest BCUT2D eigenvalue weighted by molar-refractivity contribution is 7.92. The normalized spacial score (nSPS) is 15.2. The lowest BCUT2D eigenvalue weighted by Gasteiger charge is -2.21. The molecule has 0 unspecified atom stereocenters. The van der Waals surface area contributed by atoms with E-state index in [1.54, 1.807) is 18.3 Å². The van der Waals surface area contributed by atoms with Crippen LogP contribution in [-0.2, 0) is 26.5 Å². The zero-order valence-corrected chi connectivity index (χ0v) is 18.7. The number of nitrogens with zero attached hydrogens (tertiary/aromatic N) is 2. The Morgan fingerprint density at radius 2 is 1.79 bits per heavy atom. The Bertz CT molecular complexity index is 1340. The van der Waals surface area contributed by atoms with Gasteiger partial charge < -0.3 is 10.7 Å². The molecule has 0 spiro atoms. The predicted molar refractivity (Wildman–Crippen MR) is 118 cm³/mol. The van der Waals surface area contributed by atoms with E-state index in [-0.39, 0.29) is 17.9 Å². The van der Waals surface area contributed by atoms with Crippen LogP contribution in [0.3, 0.4) is 0 Å². The van der Waals surface area contributed by atoms with E-state index in [2.05, 4.69) is 41.6 Å². The van der Waals surface area contributed by atoms with Crippen LogP contribution in [-0.4, -0.2) is 38.3 Å². The van der Waals surface area contributed by atoms with Gasteiger partial charge in [-0.25, -0.2) is 47.5 Å². The first kappa shape index (κ1) is 23.2. The quantitative estimate of drug-likeness (QED) is 0.177. The van der Waals surface area contributed by atoms with Gasteiger partial charge in [0.15, 0.2) is 0 Å². The maximum atomic E-state index is 13.1. The number of nitrogens with two attached hydrogens (primary N) is 2. The summed E-state index contributed by atoms with van der Waals surface area (Å²) >= 11 is 0. The van der Waals surface area contributed by atoms with E-state index in [0.717, 1.165) is 0 Å². The van der Waals surface area contributed by atoms with Gasteiger partial charge in [-0.05, 0) is 23.8 Å². The highest BCUT2D eigenvalue weighted by Crippen LogP contribution is 2.36. The Hall–Kier alpha value is -2.96. The van der Waals surface area contributed by atoms with Gasteiger partial charge in [0, 0.05) is 42.2 Å². The molecule has 4 rings (SSSR count). The molecule has 0 saturated carbocycles. The number of aromatic nitrogens is 3. The average Bonchev–Trinajstić information content (AvgIpc) is 3.47. The average molecular weight is 495 g/mol. The third-order valence-corrected chi connectivity index (χ3v) is 7.50. The summed E-state index contributed by atoms with van der Waals surface area (Å²) in [5.74, 6) is 0.271. The molecule has 1 fully saturated rings. The topological polar surface area (TPSA) is 222 Å². The molecule has 3 heterocycles. The van der Waals surface area contributed by atoms with Gasteiger partial charge in [0.1, 0.15) is 21.8 Å². The van der Waals surface area contributed by atoms with Crippen molar-refractivity contribution in [3.8, 4) is 11.1 Å². The van der Waals surface area contributed by atoms with E-state index < -0.39 is 36.0 Å². The Labute approximate surface area is 189 Å². The van der Waals surface area contributed by atoms with Gasteiger partial charge in [-0.15, -0.1) is 0 Å². The molecule has 3 aromatic rings. The number of rotatable bonds is 8. The molecule has 0 aliphatic carbocycles. The van der Waals surface area contributed by atoms with E-state index in [1.807, 2.05) is 0 Å². The van der Waals surface area contributed by atoms with E-state index in [9.17, 15) is 16.8 Å². The number of hydrogen-bond donors (Lipinski definition) is 8. The zero-order chi connectivity index (χ0) is 23.6. The number of imidazole rings is 1. The summed E-state index contributed by atoms with van der Waals surface area (Å²) in [5, 5.41) is 5.53. The van der Waals surface area contributed by atoms with Crippen molar-refractivity contribution < 1.29 is 16.8 Å². The maximum absolute atomic E-state index is 13.1. The Kier molecular flexibility index (Phi) is 6.41. The van der Waals surface area contributed by atoms with Crippen LogP contribution < -0.4 is 37.5 Å². The molecular weight excluding hydrogens is 472 g/mol. The van der Waals surface area contributed by atoms with Crippen LogP contribution in [0.25, 0.3) is 11.1 Å². The molecule has 0 bridgehead atoms. The fraction of sp³-hybridized carbons (Fsp3) is 0.176. The molecule has 1 saturated heterocycles. The Morgan fingerprint density at radius 1 is 1.03 bits per heavy atom. The van der Waals surface area contributed by atoms with Gasteiger partial charge in [0.2, 0.25) is 20.0 Å². The molecule has 0 amide bonds. The fourth-order valence-electron chi connectivity index (χ4n) is 3.40. The Balaban J connectivity index is 1.83. The third-order valence-electron chi connectivity index (χ3n) is 4.86. The molecule has 176 valence electrons. The number of nitrogens with one attached hydrogen (secondary N) is 6. The van der Waals surface area contributed by atoms with E-state index >= 15 is 0 Å². The van der Waals surface area contributed by atoms with Crippen molar-refractivity contribution in [3.05, 3.63) is 54.2 Å². The number of primary sulfonamides is 1. The zero-order valence-electron chi connectivity index (χ0n) is 17.0. The van der Waals surface area contributed by atoms with Crippen molar-refractivity contribution in [2.75, 3.05) is 12.3 Å². The second-order valence-electron chi connectivity index (χ2n) is 7.07. The van der Waals surface area contributed by atoms with E-state index in [4.69, 9.17) is 10.9 Å². The second-order valence-corrected chi connectivity index (χ2v) is 10.3. The van der Waals surface area contributed by atoms with E-state index in [0.29, 0.717) is 23.2 Å². The highest BCUT2D eigenvalue weighted by atomic mass is 32.2. The standard InChI is InChI=1S/C17H22N10O4S2/c18-14-4-1-10(7-21-14)12-2-3-13(33(30,31)23-6-5-11-8-20-9-22-11)16(32(19,28)29)15(12)17-24-26-27-25-17/h1-4,7-9,17,23-27H,5-6H2,(H2,18,21)(H,20,22)(H2,19,28,29). The van der Waals surface area contributed by atoms with Crippen molar-refractivity contribution in [2.45, 2.75) is 22.4 Å². The number of pyridine rings is 1. The smallest absolute Gasteiger partial charge is 0.241 e. The molecule has 1 aliphatic rings. The number of sulfonamides is 2. The largest absolute Gasteiger partial charge is 0.384 e. The number of H-pyrrole nitrogens is 1. The summed E-state index contributed by atoms with van der Waals surface area (Å²) in [6.45, 7) is 0.0105. The molecule has 33 heavy (non-hydrogen) atoms. The van der Waals surface area contributed by atoms with Gasteiger partial charge in [-0.3, -0.25) is 0 Å². The van der Waals surface area contributed by atoms with Crippen LogP contribution >= 0.6 is 0 Å². The second kappa shape index (κ2) is 9.12. The van der Waals surface area contributed by atoms with Crippen LogP contribution in [0.2, 0.25) is 0 Å². The molecule has 2 aromatic heterocycles. The maximum Gasteiger partial charge on any atom is 0.241 e. The van der Waals surface area contributed by atoms with Gasteiger partial charge in [-0.1, -0.05) is 6.07 Å². The minimum Gasteiger partial charge on any atom is -0.384 e. The Morgan fingerprint density at radius 3 is 2.39 bits per heavy atom. The SMILES string of the molecule is Nc1ccc(-c2ccc(S(=O)(=O)NCCc3cnc[nH]3)c(S(N)(=O)=O)c2C2NNNN2)cn1. The summed E-state index contributed by atoms with van der Waals surface area (Å²) in [6.07, 6.45) is 3.96. The number of anilines is 1. The van der Waals surface area contributed by atoms with Crippen molar-refractivity contribution in [1.82, 2.24) is 41.6 Å². The fourth-order valence-corrected chi connectivity index (χ4v) is 6.09. The van der Waals surface area contributed by atoms with Crippen LogP contribution in [0.15, 0.2) is 52.8 Å². The molecular formula is C17H22N10O4S2. The molecule has 0 radical (unpaired) electrons. The predicted octanol–water partition coefficient (Wildman–Crippen LogP) is -1.66. The van der Waals surface area contributed by atoms with Gasteiger partial charge in [-0.2, -0.15) is 11.1 Å². The lowest BCUT2D eigenvalue weighted by molar-refractivity contribution is 0.533. The summed E-state index contributed by atoms with van der Waals surface area (Å²) in [4.78, 5) is 9.75. The molecule has 16 heteroatoms. The van der Waals surface area contributed by atoms with Crippen LogP contribution in [0.1, 0.15) is 17.4 Å². The van der Waals surface area contributed by atoms with Crippen LogP contribution in [0.4, 0.5) is 5.82 Å².